The normalized spacial score (nSPS) is 16.0. The first-order valence-electron chi connectivity index (χ1n) is 9.22. The van der Waals surface area contributed by atoms with Crippen LogP contribution in [0.25, 0.3) is 11.0 Å². The number of ether oxygens (including phenoxy) is 1. The van der Waals surface area contributed by atoms with Gasteiger partial charge in [0.25, 0.3) is 5.95 Å². The maximum Gasteiger partial charge on any atom is 0.288 e. The van der Waals surface area contributed by atoms with Crippen LogP contribution in [0.4, 0.5) is 0 Å². The zero-order valence-electron chi connectivity index (χ0n) is 14.8. The molecule has 0 saturated carbocycles. The van der Waals surface area contributed by atoms with E-state index >= 15 is 0 Å². The Bertz CT molecular complexity index is 911. The van der Waals surface area contributed by atoms with Gasteiger partial charge in [0.1, 0.15) is 12.2 Å². The van der Waals surface area contributed by atoms with Gasteiger partial charge in [-0.1, -0.05) is 42.5 Å². The van der Waals surface area contributed by atoms with E-state index in [1.54, 1.807) is 12.1 Å². The highest BCUT2D eigenvalue weighted by atomic mass is 16.6. The Morgan fingerprint density at radius 3 is 2.54 bits per heavy atom. The molecular weight excluding hydrogens is 326 g/mol. The number of fused-ring (bicyclic) bond motifs is 1. The average Bonchev–Trinajstić information content (AvgIpc) is 2.69. The van der Waals surface area contributed by atoms with Crippen molar-refractivity contribution in [2.24, 2.45) is 0 Å². The summed E-state index contributed by atoms with van der Waals surface area (Å²) in [5.41, 5.74) is 1.95. The molecule has 1 fully saturated rings. The van der Waals surface area contributed by atoms with Gasteiger partial charge in [-0.2, -0.15) is 0 Å². The monoisotopic (exact) mass is 349 g/mol. The van der Waals surface area contributed by atoms with Gasteiger partial charge in [-0.25, -0.2) is 0 Å². The van der Waals surface area contributed by atoms with Gasteiger partial charge in [0.2, 0.25) is 0 Å². The summed E-state index contributed by atoms with van der Waals surface area (Å²) in [4.78, 5) is 14.5. The van der Waals surface area contributed by atoms with E-state index in [9.17, 15) is 4.79 Å². The van der Waals surface area contributed by atoms with Crippen molar-refractivity contribution in [1.82, 2.24) is 4.90 Å². The van der Waals surface area contributed by atoms with E-state index in [1.807, 2.05) is 12.1 Å². The molecule has 1 aromatic heterocycles. The minimum atomic E-state index is -0.0643. The Morgan fingerprint density at radius 1 is 1.00 bits per heavy atom. The quantitative estimate of drug-likeness (QED) is 0.697. The molecule has 0 unspecified atom stereocenters. The summed E-state index contributed by atoms with van der Waals surface area (Å²) >= 11 is 0. The lowest BCUT2D eigenvalue weighted by atomic mass is 9.89. The predicted octanol–water partition coefficient (Wildman–Crippen LogP) is 4.05. The highest BCUT2D eigenvalue weighted by Crippen LogP contribution is 2.27. The van der Waals surface area contributed by atoms with E-state index in [4.69, 9.17) is 9.15 Å². The Hall–Kier alpha value is -2.59. The molecule has 1 aliphatic rings. The largest absolute Gasteiger partial charge is 0.464 e. The molecule has 134 valence electrons. The van der Waals surface area contributed by atoms with Gasteiger partial charge >= 0.3 is 0 Å². The molecule has 4 heteroatoms. The lowest BCUT2D eigenvalue weighted by molar-refractivity contribution is 0.157. The van der Waals surface area contributed by atoms with E-state index in [2.05, 4.69) is 35.2 Å². The van der Waals surface area contributed by atoms with Gasteiger partial charge in [-0.05, 0) is 49.5 Å². The second-order valence-corrected chi connectivity index (χ2v) is 6.80. The molecule has 3 aromatic rings. The van der Waals surface area contributed by atoms with Crippen LogP contribution < -0.4 is 10.2 Å². The molecule has 0 radical (unpaired) electrons. The number of benzene rings is 2. The van der Waals surface area contributed by atoms with Crippen LogP contribution in [0.15, 0.2) is 69.9 Å². The molecular formula is C22H23NO3. The van der Waals surface area contributed by atoms with E-state index in [-0.39, 0.29) is 5.43 Å². The first-order chi connectivity index (χ1) is 12.8. The maximum atomic E-state index is 12.1. The second kappa shape index (κ2) is 7.75. The highest BCUT2D eigenvalue weighted by Gasteiger charge is 2.20. The van der Waals surface area contributed by atoms with Crippen molar-refractivity contribution in [1.29, 1.82) is 0 Å². The molecule has 0 N–H and O–H groups in total. The maximum absolute atomic E-state index is 12.1. The molecule has 1 saturated heterocycles. The van der Waals surface area contributed by atoms with E-state index in [0.29, 0.717) is 29.4 Å². The van der Waals surface area contributed by atoms with Gasteiger partial charge in [-0.15, -0.1) is 0 Å². The minimum Gasteiger partial charge on any atom is -0.464 e. The zero-order valence-corrected chi connectivity index (χ0v) is 14.8. The fourth-order valence-corrected chi connectivity index (χ4v) is 3.64. The van der Waals surface area contributed by atoms with Crippen molar-refractivity contribution < 1.29 is 9.15 Å². The molecule has 2 aromatic carbocycles. The van der Waals surface area contributed by atoms with Crippen LogP contribution in [0.2, 0.25) is 0 Å². The van der Waals surface area contributed by atoms with Crippen molar-refractivity contribution in [2.45, 2.75) is 18.8 Å². The first kappa shape index (κ1) is 16.9. The van der Waals surface area contributed by atoms with E-state index in [1.165, 1.54) is 24.5 Å². The van der Waals surface area contributed by atoms with Crippen LogP contribution in [-0.4, -0.2) is 31.1 Å². The Balaban J connectivity index is 1.29. The third-order valence-corrected chi connectivity index (χ3v) is 5.12. The fourth-order valence-electron chi connectivity index (χ4n) is 3.64. The molecule has 4 rings (SSSR count). The molecule has 0 aliphatic carbocycles. The van der Waals surface area contributed by atoms with Gasteiger partial charge in [0.05, 0.1) is 11.5 Å². The van der Waals surface area contributed by atoms with Crippen LogP contribution in [-0.2, 0) is 0 Å². The third kappa shape index (κ3) is 3.81. The minimum absolute atomic E-state index is 0.0643. The van der Waals surface area contributed by atoms with Crippen molar-refractivity contribution in [3.05, 3.63) is 76.5 Å². The third-order valence-electron chi connectivity index (χ3n) is 5.12. The summed E-state index contributed by atoms with van der Waals surface area (Å²) in [6.07, 6.45) is 2.35. The van der Waals surface area contributed by atoms with Crippen molar-refractivity contribution in [3.8, 4) is 5.95 Å². The van der Waals surface area contributed by atoms with Crippen LogP contribution in [0.5, 0.6) is 5.95 Å². The number of hydrogen-bond donors (Lipinski definition) is 0. The summed E-state index contributed by atoms with van der Waals surface area (Å²) in [7, 11) is 0. The molecule has 2 heterocycles. The predicted molar refractivity (Wildman–Crippen MR) is 103 cm³/mol. The van der Waals surface area contributed by atoms with E-state index < -0.39 is 0 Å². The Morgan fingerprint density at radius 2 is 1.73 bits per heavy atom. The first-order valence-corrected chi connectivity index (χ1v) is 9.22. The molecule has 0 amide bonds. The van der Waals surface area contributed by atoms with Gasteiger partial charge in [-0.3, -0.25) is 9.69 Å². The molecule has 0 spiro atoms. The summed E-state index contributed by atoms with van der Waals surface area (Å²) < 4.78 is 11.4. The number of hydrogen-bond acceptors (Lipinski definition) is 4. The Labute approximate surface area is 153 Å². The van der Waals surface area contributed by atoms with Crippen LogP contribution in [0.3, 0.4) is 0 Å². The van der Waals surface area contributed by atoms with Crippen molar-refractivity contribution in [3.63, 3.8) is 0 Å². The molecule has 0 atom stereocenters. The molecule has 4 nitrogen and oxygen atoms in total. The summed E-state index contributed by atoms with van der Waals surface area (Å²) in [5, 5.41) is 0.586. The number of para-hydroxylation sites is 1. The number of nitrogens with zero attached hydrogens (tertiary/aromatic N) is 1. The highest BCUT2D eigenvalue weighted by molar-refractivity contribution is 5.76. The molecule has 1 aliphatic heterocycles. The SMILES string of the molecule is O=c1cc(OCCN2CCC(c3ccccc3)CC2)oc2ccccc12. The summed E-state index contributed by atoms with van der Waals surface area (Å²) in [5.74, 6) is 0.958. The fraction of sp³-hybridized carbons (Fsp3) is 0.318. The zero-order chi connectivity index (χ0) is 17.8. The number of piperidine rings is 1. The molecule has 0 bridgehead atoms. The number of likely N-dealkylation sites (tertiary alicyclic amines) is 1. The van der Waals surface area contributed by atoms with Gasteiger partial charge in [0, 0.05) is 6.54 Å². The van der Waals surface area contributed by atoms with Crippen LogP contribution in [0.1, 0.15) is 24.3 Å². The van der Waals surface area contributed by atoms with Crippen LogP contribution >= 0.6 is 0 Å². The Kier molecular flexibility index (Phi) is 5.02. The standard InChI is InChI=1S/C22H23NO3/c24-20-16-22(26-21-9-5-4-8-19(20)21)25-15-14-23-12-10-18(11-13-23)17-6-2-1-3-7-17/h1-9,16,18H,10-15H2. The summed E-state index contributed by atoms with van der Waals surface area (Å²) in [6.45, 7) is 3.52. The lowest BCUT2D eigenvalue weighted by Gasteiger charge is -2.31. The topological polar surface area (TPSA) is 42.7 Å². The summed E-state index contributed by atoms with van der Waals surface area (Å²) in [6, 6.07) is 19.4. The average molecular weight is 349 g/mol. The molecule has 26 heavy (non-hydrogen) atoms. The second-order valence-electron chi connectivity index (χ2n) is 6.80. The number of rotatable bonds is 5. The van der Waals surface area contributed by atoms with E-state index in [0.717, 1.165) is 19.6 Å². The van der Waals surface area contributed by atoms with Crippen molar-refractivity contribution in [2.75, 3.05) is 26.2 Å². The van der Waals surface area contributed by atoms with Crippen molar-refractivity contribution >= 4 is 11.0 Å². The van der Waals surface area contributed by atoms with Gasteiger partial charge in [0.15, 0.2) is 5.43 Å². The lowest BCUT2D eigenvalue weighted by Crippen LogP contribution is -2.35. The smallest absolute Gasteiger partial charge is 0.288 e. The van der Waals surface area contributed by atoms with Crippen LogP contribution in [0, 0.1) is 0 Å². The van der Waals surface area contributed by atoms with Gasteiger partial charge < -0.3 is 9.15 Å².